The molecule has 12 heteroatoms. The first kappa shape index (κ1) is 29.7. The number of rotatable bonds is 6. The number of aromatic hydroxyl groups is 1. The van der Waals surface area contributed by atoms with Crippen molar-refractivity contribution in [3.63, 3.8) is 0 Å². The molecular formula is C32H34N10O2. The van der Waals surface area contributed by atoms with Crippen LogP contribution in [0, 0.1) is 17.8 Å². The van der Waals surface area contributed by atoms with Crippen molar-refractivity contribution in [3.05, 3.63) is 114 Å². The fourth-order valence-electron chi connectivity index (χ4n) is 4.99. The molecule has 44 heavy (non-hydrogen) atoms. The van der Waals surface area contributed by atoms with Gasteiger partial charge in [-0.15, -0.1) is 0 Å². The number of phenolic OH excluding ortho intramolecular Hbond substituents is 1. The van der Waals surface area contributed by atoms with Gasteiger partial charge in [-0.1, -0.05) is 37.1 Å². The molecule has 1 aliphatic rings. The minimum atomic E-state index is -0.469. The van der Waals surface area contributed by atoms with Crippen LogP contribution in [0.4, 0.5) is 0 Å². The fraction of sp³-hybridized carbons (Fsp3) is 0.219. The van der Waals surface area contributed by atoms with E-state index in [-0.39, 0.29) is 35.0 Å². The van der Waals surface area contributed by atoms with Crippen LogP contribution in [0.25, 0.3) is 11.3 Å². The summed E-state index contributed by atoms with van der Waals surface area (Å²) in [6.07, 6.45) is 10.9. The third-order valence-corrected chi connectivity index (χ3v) is 7.17. The Balaban J connectivity index is 1.27. The maximum Gasteiger partial charge on any atom is 0.272 e. The van der Waals surface area contributed by atoms with Gasteiger partial charge >= 0.3 is 0 Å². The standard InChI is InChI=1S/C32H34N10O2/c1-20-19-41(27(31(34)35)17-24(33)23-7-3-4-9-28(23)43)15-5-8-22(20)25-12-14-36-29(39-25)11-10-21(2)38-32(44)26-18-30-37-13-6-16-42(30)40-26/h3-9,12-14,16-18,20-22,43H,15,19,33-35H2,1-2H3,(H,38,44)/b24-17-. The van der Waals surface area contributed by atoms with Crippen molar-refractivity contribution in [3.8, 4) is 17.6 Å². The zero-order valence-electron chi connectivity index (χ0n) is 24.4. The van der Waals surface area contributed by atoms with Gasteiger partial charge in [0.15, 0.2) is 11.3 Å². The van der Waals surface area contributed by atoms with Crippen LogP contribution in [0.1, 0.15) is 47.3 Å². The number of carbonyl (C=O) groups excluding carboxylic acids is 1. The normalized spacial score (nSPS) is 17.3. The number of nitrogens with one attached hydrogen (secondary N) is 1. The lowest BCUT2D eigenvalue weighted by molar-refractivity contribution is 0.0942. The Morgan fingerprint density at radius 3 is 2.75 bits per heavy atom. The van der Waals surface area contributed by atoms with E-state index in [0.717, 1.165) is 5.69 Å². The van der Waals surface area contributed by atoms with E-state index < -0.39 is 6.04 Å². The second kappa shape index (κ2) is 13.0. The first-order valence-electron chi connectivity index (χ1n) is 14.1. The quantitative estimate of drug-likeness (QED) is 0.126. The van der Waals surface area contributed by atoms with E-state index in [1.165, 1.54) is 4.52 Å². The molecule has 12 nitrogen and oxygen atoms in total. The van der Waals surface area contributed by atoms with Crippen LogP contribution in [-0.2, 0) is 0 Å². The van der Waals surface area contributed by atoms with Crippen LogP contribution in [0.5, 0.6) is 5.75 Å². The Labute approximate surface area is 255 Å². The Morgan fingerprint density at radius 1 is 1.16 bits per heavy atom. The number of fused-ring (bicyclic) bond motifs is 1. The van der Waals surface area contributed by atoms with E-state index in [2.05, 4.69) is 50.1 Å². The number of benzene rings is 1. The average Bonchev–Trinajstić information content (AvgIpc) is 3.36. The van der Waals surface area contributed by atoms with E-state index in [0.29, 0.717) is 41.5 Å². The molecule has 0 spiro atoms. The van der Waals surface area contributed by atoms with Crippen LogP contribution < -0.4 is 22.5 Å². The molecule has 3 atom stereocenters. The van der Waals surface area contributed by atoms with Crippen molar-refractivity contribution in [2.24, 2.45) is 23.1 Å². The molecule has 224 valence electrons. The summed E-state index contributed by atoms with van der Waals surface area (Å²) < 4.78 is 1.54. The van der Waals surface area contributed by atoms with E-state index in [4.69, 9.17) is 22.2 Å². The van der Waals surface area contributed by atoms with Gasteiger partial charge in [0, 0.05) is 54.9 Å². The summed E-state index contributed by atoms with van der Waals surface area (Å²) in [5, 5.41) is 17.3. The Bertz CT molecular complexity index is 1790. The smallest absolute Gasteiger partial charge is 0.272 e. The van der Waals surface area contributed by atoms with Gasteiger partial charge in [-0.05, 0) is 49.1 Å². The minimum absolute atomic E-state index is 0.0240. The predicted molar refractivity (Wildman–Crippen MR) is 167 cm³/mol. The molecule has 0 aliphatic carbocycles. The molecule has 0 saturated heterocycles. The third-order valence-electron chi connectivity index (χ3n) is 7.17. The van der Waals surface area contributed by atoms with Gasteiger partial charge in [0.05, 0.1) is 17.4 Å². The molecule has 0 radical (unpaired) electrons. The molecule has 8 N–H and O–H groups in total. The Kier molecular flexibility index (Phi) is 8.76. The van der Waals surface area contributed by atoms with Crippen molar-refractivity contribution in [2.45, 2.75) is 25.8 Å². The van der Waals surface area contributed by atoms with E-state index in [1.807, 2.05) is 12.1 Å². The van der Waals surface area contributed by atoms with Gasteiger partial charge in [0.25, 0.3) is 5.91 Å². The van der Waals surface area contributed by atoms with Crippen molar-refractivity contribution in [2.75, 3.05) is 13.1 Å². The lowest BCUT2D eigenvalue weighted by atomic mass is 9.90. The summed E-state index contributed by atoms with van der Waals surface area (Å²) in [5.41, 5.74) is 21.6. The molecule has 3 aromatic heterocycles. The molecule has 1 amide bonds. The first-order valence-corrected chi connectivity index (χ1v) is 14.1. The zero-order valence-corrected chi connectivity index (χ0v) is 24.4. The SMILES string of the molecule is CC(C#Cc1nccc(C2C=CCN(C(/C=C(\N)c3ccccc3O)=C(N)N)CC2C)n1)NC(=O)c1cc2ncccn2n1. The number of carbonyl (C=O) groups is 1. The largest absolute Gasteiger partial charge is 0.507 e. The van der Waals surface area contributed by atoms with E-state index >= 15 is 0 Å². The monoisotopic (exact) mass is 590 g/mol. The maximum absolute atomic E-state index is 12.7. The topological polar surface area (TPSA) is 187 Å². The molecular weight excluding hydrogens is 556 g/mol. The molecule has 4 aromatic rings. The van der Waals surface area contributed by atoms with Gasteiger partial charge < -0.3 is 32.5 Å². The van der Waals surface area contributed by atoms with Crippen LogP contribution in [0.3, 0.4) is 0 Å². The van der Waals surface area contributed by atoms with Crippen molar-refractivity contribution in [1.29, 1.82) is 0 Å². The van der Waals surface area contributed by atoms with Gasteiger partial charge in [0.1, 0.15) is 11.6 Å². The number of allylic oxidation sites excluding steroid dienone is 2. The van der Waals surface area contributed by atoms with Gasteiger partial charge in [-0.2, -0.15) is 5.10 Å². The highest BCUT2D eigenvalue weighted by atomic mass is 16.3. The molecule has 0 bridgehead atoms. The lowest BCUT2D eigenvalue weighted by Crippen LogP contribution is -2.32. The zero-order chi connectivity index (χ0) is 31.2. The van der Waals surface area contributed by atoms with Crippen molar-refractivity contribution < 1.29 is 9.90 Å². The Hall–Kier alpha value is -5.83. The van der Waals surface area contributed by atoms with Crippen LogP contribution in [0.15, 0.2) is 90.8 Å². The molecule has 4 heterocycles. The lowest BCUT2D eigenvalue weighted by Gasteiger charge is -2.29. The van der Waals surface area contributed by atoms with Crippen LogP contribution in [-0.4, -0.2) is 59.6 Å². The predicted octanol–water partition coefficient (Wildman–Crippen LogP) is 2.07. The summed E-state index contributed by atoms with van der Waals surface area (Å²) in [6.45, 7) is 5.06. The second-order valence-corrected chi connectivity index (χ2v) is 10.5. The highest BCUT2D eigenvalue weighted by molar-refractivity contribution is 5.93. The second-order valence-electron chi connectivity index (χ2n) is 10.5. The minimum Gasteiger partial charge on any atom is -0.507 e. The van der Waals surface area contributed by atoms with Gasteiger partial charge in [0.2, 0.25) is 5.82 Å². The summed E-state index contributed by atoms with van der Waals surface area (Å²) in [6, 6.07) is 11.6. The number of aromatic nitrogens is 5. The van der Waals surface area contributed by atoms with Crippen LogP contribution >= 0.6 is 0 Å². The van der Waals surface area contributed by atoms with Crippen molar-refractivity contribution >= 4 is 17.3 Å². The van der Waals surface area contributed by atoms with Crippen LogP contribution in [0.2, 0.25) is 0 Å². The third kappa shape index (κ3) is 6.79. The molecule has 1 aliphatic heterocycles. The van der Waals surface area contributed by atoms with Gasteiger partial charge in [-0.25, -0.2) is 19.5 Å². The fourth-order valence-corrected chi connectivity index (χ4v) is 4.99. The molecule has 0 saturated carbocycles. The summed E-state index contributed by atoms with van der Waals surface area (Å²) in [4.78, 5) is 27.9. The average molecular weight is 591 g/mol. The number of phenols is 1. The molecule has 0 fully saturated rings. The number of hydrogen-bond acceptors (Lipinski definition) is 10. The van der Waals surface area contributed by atoms with E-state index in [9.17, 15) is 9.90 Å². The summed E-state index contributed by atoms with van der Waals surface area (Å²) in [5.74, 6) is 6.27. The Morgan fingerprint density at radius 2 is 1.98 bits per heavy atom. The maximum atomic E-state index is 12.7. The number of para-hydroxylation sites is 1. The van der Waals surface area contributed by atoms with E-state index in [1.54, 1.807) is 68.0 Å². The number of nitrogens with zero attached hydrogens (tertiary/aromatic N) is 6. The van der Waals surface area contributed by atoms with Gasteiger partial charge in [-0.3, -0.25) is 4.79 Å². The number of amides is 1. The number of nitrogens with two attached hydrogens (primary N) is 3. The molecule has 5 rings (SSSR count). The summed E-state index contributed by atoms with van der Waals surface area (Å²) >= 11 is 0. The highest BCUT2D eigenvalue weighted by Crippen LogP contribution is 2.30. The van der Waals surface area contributed by atoms with Crippen molar-refractivity contribution in [1.82, 2.24) is 34.8 Å². The first-order chi connectivity index (χ1) is 21.2. The molecule has 3 unspecified atom stereocenters. The number of hydrogen-bond donors (Lipinski definition) is 5. The highest BCUT2D eigenvalue weighted by Gasteiger charge is 2.25. The molecule has 1 aromatic carbocycles. The summed E-state index contributed by atoms with van der Waals surface area (Å²) in [7, 11) is 0.